The van der Waals surface area contributed by atoms with E-state index in [-0.39, 0.29) is 0 Å². The predicted molar refractivity (Wildman–Crippen MR) is 547 cm³/mol. The number of unbranched alkanes of at least 4 members (excludes halogenated alkanes) is 4. The Labute approximate surface area is 720 Å². The summed E-state index contributed by atoms with van der Waals surface area (Å²) < 4.78 is 0. The maximum absolute atomic E-state index is 9.56. The number of nitrogens with two attached hydrogens (primary N) is 12. The number of rotatable bonds is 63. The third kappa shape index (κ3) is 146. The molecule has 0 aromatic carbocycles. The summed E-state index contributed by atoms with van der Waals surface area (Å²) in [5.41, 5.74) is 69.2. The Morgan fingerprint density at radius 3 is 0.772 bits per heavy atom. The van der Waals surface area contributed by atoms with E-state index in [0.29, 0.717) is 52.1 Å². The summed E-state index contributed by atoms with van der Waals surface area (Å²) in [5, 5.41) is 7.17. The van der Waals surface area contributed by atoms with E-state index in [4.69, 9.17) is 78.8 Å². The normalized spacial score (nSPS) is 12.3. The zero-order chi connectivity index (χ0) is 89.9. The van der Waals surface area contributed by atoms with Crippen LogP contribution in [0.5, 0.6) is 0 Å². The second-order valence-corrected chi connectivity index (χ2v) is 85.7. The number of nitrogens with one attached hydrogen (secondary N) is 2. The minimum absolute atomic E-state index is 0.513. The first-order chi connectivity index (χ1) is 52.9. The van der Waals surface area contributed by atoms with Crippen molar-refractivity contribution in [2.75, 3.05) is 190 Å². The van der Waals surface area contributed by atoms with E-state index in [9.17, 15) is 9.59 Å². The van der Waals surface area contributed by atoms with Gasteiger partial charge in [-0.1, -0.05) is 212 Å². The molecule has 0 heterocycles. The van der Waals surface area contributed by atoms with Gasteiger partial charge < -0.3 is 93.9 Å². The number of aliphatic imine (C=N–C) groups is 2. The van der Waals surface area contributed by atoms with Crippen LogP contribution in [0.3, 0.4) is 0 Å². The molecule has 22 nitrogen and oxygen atoms in total. The number of carbonyl (C=O) groups excluding carboxylic acids is 2. The van der Waals surface area contributed by atoms with Gasteiger partial charge in [0.25, 0.3) is 0 Å². The van der Waals surface area contributed by atoms with E-state index >= 15 is 0 Å². The van der Waals surface area contributed by atoms with Crippen LogP contribution in [0.4, 0.5) is 0 Å². The van der Waals surface area contributed by atoms with E-state index < -0.39 is 64.6 Å². The molecule has 0 rings (SSSR count). The fraction of sp³-hybridized carbons (Fsp3) is 0.952. The summed E-state index contributed by atoms with van der Waals surface area (Å²) in [4.78, 5) is 38.8. The molecule has 0 unspecified atom stereocenters. The fourth-order valence-corrected chi connectivity index (χ4v) is 20.7. The molecule has 0 aromatic rings. The second kappa shape index (κ2) is 89.0. The third-order valence-corrected chi connectivity index (χ3v) is 32.6. The number of nitrogens with zero attached hydrogens (tertiary/aromatic N) is 6. The zero-order valence-corrected chi connectivity index (χ0v) is 89.8. The quantitative estimate of drug-likeness (QED) is 0.0116. The molecule has 0 aliphatic heterocycles. The molecule has 0 radical (unpaired) electrons. The summed E-state index contributed by atoms with van der Waals surface area (Å²) in [7, 11) is -6.27. The highest BCUT2D eigenvalue weighted by atomic mass is 28.3. The lowest BCUT2D eigenvalue weighted by Gasteiger charge is -2.30. The lowest BCUT2D eigenvalue weighted by Crippen LogP contribution is -2.45. The Morgan fingerprint density at radius 2 is 0.509 bits per heavy atom. The molecule has 0 aliphatic rings. The van der Waals surface area contributed by atoms with Gasteiger partial charge >= 0.3 is 0 Å². The second-order valence-electron chi connectivity index (χ2n) is 40.8. The third-order valence-electron chi connectivity index (χ3n) is 17.8. The van der Waals surface area contributed by atoms with E-state index in [1.807, 2.05) is 0 Å². The Balaban J connectivity index is -0.000000197. The lowest BCUT2D eigenvalue weighted by molar-refractivity contribution is -0.108. The van der Waals surface area contributed by atoms with Gasteiger partial charge in [-0.2, -0.15) is 0 Å². The number of aldehydes is 2. The highest BCUT2D eigenvalue weighted by Gasteiger charge is 2.18. The number of hydrogen-bond donors (Lipinski definition) is 14. The van der Waals surface area contributed by atoms with Crippen molar-refractivity contribution in [2.24, 2.45) is 78.8 Å². The molecule has 26 N–H and O–H groups in total. The Kier molecular flexibility index (Phi) is 103. The summed E-state index contributed by atoms with van der Waals surface area (Å²) >= 11 is 0. The average molecular weight is 1760 g/mol. The molecule has 0 aromatic heterocycles. The van der Waals surface area contributed by atoms with Gasteiger partial charge in [0.2, 0.25) is 0 Å². The SMILES string of the molecule is CC(CCCC(C)=NCN(CCN)CCNCCN(CCNCCN)CCN(CCCCCN)CCN(CCN)CCN)=NCCC[Si](C)(C)C.C[Si](C)(C)CCCN.C[Si](C)(C)CCCN.C[Si](C)(C)CCCN.C[Si](C)(C)CCCN.C[Si](C)(C)CCCN.C[Si](C)(C)CCCN.C[Si](C)(C)CCCN.O=CCCCC=O. The van der Waals surface area contributed by atoms with Gasteiger partial charge in [-0.05, 0) is 163 Å². The maximum Gasteiger partial charge on any atom is 0.120 e. The predicted octanol–water partition coefficient (Wildman–Crippen LogP) is 13.4. The fourth-order valence-electron chi connectivity index (χ4n) is 10.7. The Bertz CT molecular complexity index is 1810. The van der Waals surface area contributed by atoms with Crippen LogP contribution in [0.25, 0.3) is 0 Å². The first-order valence-corrected chi connectivity index (χ1v) is 75.2. The van der Waals surface area contributed by atoms with Crippen LogP contribution in [-0.2, 0) is 9.59 Å². The van der Waals surface area contributed by atoms with Crippen molar-refractivity contribution in [2.45, 2.75) is 328 Å². The molecule has 0 saturated heterocycles. The van der Waals surface area contributed by atoms with Crippen molar-refractivity contribution >= 4 is 88.6 Å². The first kappa shape index (κ1) is 132. The summed E-state index contributed by atoms with van der Waals surface area (Å²) in [6.45, 7) is 87.2. The van der Waals surface area contributed by atoms with Crippen LogP contribution < -0.4 is 79.4 Å². The minimum atomic E-state index is -0.959. The van der Waals surface area contributed by atoms with Gasteiger partial charge in [-0.25, -0.2) is 0 Å². The monoisotopic (exact) mass is 1760 g/mol. The minimum Gasteiger partial charge on any atom is -0.330 e. The van der Waals surface area contributed by atoms with Gasteiger partial charge in [-0.3, -0.25) is 24.7 Å². The Hall–Kier alpha value is -0.305. The molecule has 30 heteroatoms. The van der Waals surface area contributed by atoms with E-state index in [1.54, 1.807) is 0 Å². The Morgan fingerprint density at radius 1 is 0.254 bits per heavy atom. The summed E-state index contributed by atoms with van der Waals surface area (Å²) in [6, 6.07) is 11.0. The highest BCUT2D eigenvalue weighted by Crippen LogP contribution is 2.15. The topological polar surface area (TPSA) is 408 Å². The summed E-state index contributed by atoms with van der Waals surface area (Å²) in [5.74, 6) is 0. The molecule has 694 valence electrons. The molecule has 0 aliphatic carbocycles. The van der Waals surface area contributed by atoms with E-state index in [1.165, 1.54) is 124 Å². The molecule has 0 fully saturated rings. The van der Waals surface area contributed by atoms with Gasteiger partial charge in [-0.15, -0.1) is 0 Å². The van der Waals surface area contributed by atoms with Gasteiger partial charge in [0, 0.05) is 213 Å². The summed E-state index contributed by atoms with van der Waals surface area (Å²) in [6.07, 6.45) is 19.8. The molecule has 0 bridgehead atoms. The van der Waals surface area contributed by atoms with Crippen molar-refractivity contribution < 1.29 is 9.59 Å². The van der Waals surface area contributed by atoms with Gasteiger partial charge in [0.1, 0.15) is 12.6 Å². The maximum atomic E-state index is 9.56. The van der Waals surface area contributed by atoms with Crippen LogP contribution in [0, 0.1) is 0 Å². The molecular formula is C84H214N20O2Si8. The molecular weight excluding hydrogens is 1550 g/mol. The first-order valence-electron chi connectivity index (χ1n) is 45.5. The average Bonchev–Trinajstić information content (AvgIpc) is 0.901. The highest BCUT2D eigenvalue weighted by molar-refractivity contribution is 6.78. The molecule has 114 heavy (non-hydrogen) atoms. The van der Waals surface area contributed by atoms with Crippen LogP contribution >= 0.6 is 0 Å². The van der Waals surface area contributed by atoms with E-state index in [2.05, 4.69) is 201 Å². The number of hydrogen-bond acceptors (Lipinski definition) is 22. The number of carbonyl (C=O) groups is 2. The van der Waals surface area contributed by atoms with Gasteiger partial charge in [0.15, 0.2) is 0 Å². The van der Waals surface area contributed by atoms with Gasteiger partial charge in [0.05, 0.1) is 6.67 Å². The zero-order valence-electron chi connectivity index (χ0n) is 81.8. The van der Waals surface area contributed by atoms with Crippen LogP contribution in [0.15, 0.2) is 9.98 Å². The molecule has 0 saturated carbocycles. The lowest BCUT2D eigenvalue weighted by atomic mass is 10.1. The smallest absolute Gasteiger partial charge is 0.120 e. The standard InChI is InChI=1S/C37H87N13Si.7C6H17NSi.C5H8O2/c1-36(45-18-10-34-51(3,4)5)11-9-12-37(2)46-35-50(26-17-42)29-22-44-21-28-49(27-20-43-19-14-39)33-31-47(23-8-6-7-13-38)30-32-48(24-15-40)25-16-41;7*1-8(2,3)6-4-5-7;6-4-2-1-3-5-7/h43-44H,6-35,38-42H2,1-5H3;7*4-7H2,1-3H3;4-5H,1-3H2. The van der Waals surface area contributed by atoms with Crippen molar-refractivity contribution in [3.8, 4) is 0 Å². The largest absolute Gasteiger partial charge is 0.330 e. The molecule has 0 amide bonds. The van der Waals surface area contributed by atoms with Crippen molar-refractivity contribution in [3.63, 3.8) is 0 Å². The van der Waals surface area contributed by atoms with Crippen molar-refractivity contribution in [1.29, 1.82) is 0 Å². The molecule has 0 atom stereocenters. The van der Waals surface area contributed by atoms with E-state index in [0.717, 1.165) is 195 Å². The van der Waals surface area contributed by atoms with Crippen LogP contribution in [-0.4, -0.2) is 298 Å². The molecule has 0 spiro atoms. The van der Waals surface area contributed by atoms with Crippen molar-refractivity contribution in [1.82, 2.24) is 30.2 Å². The van der Waals surface area contributed by atoms with Crippen LogP contribution in [0.1, 0.15) is 123 Å². The van der Waals surface area contributed by atoms with Crippen molar-refractivity contribution in [3.05, 3.63) is 0 Å². The van der Waals surface area contributed by atoms with Crippen LogP contribution in [0.2, 0.25) is 205 Å².